The lowest BCUT2D eigenvalue weighted by Gasteiger charge is -2.20. The molecule has 1 amide bonds. The number of carbonyl (C=O) groups is 1. The van der Waals surface area contributed by atoms with Crippen LogP contribution in [0.25, 0.3) is 11.0 Å². The highest BCUT2D eigenvalue weighted by Gasteiger charge is 2.34. The quantitative estimate of drug-likeness (QED) is 0.321. The van der Waals surface area contributed by atoms with Gasteiger partial charge in [0.15, 0.2) is 10.1 Å². The van der Waals surface area contributed by atoms with E-state index in [4.69, 9.17) is 16.3 Å². The third kappa shape index (κ3) is 4.29. The van der Waals surface area contributed by atoms with Crippen LogP contribution in [-0.2, 0) is 10.5 Å². The molecule has 4 aromatic rings. The van der Waals surface area contributed by atoms with E-state index in [-0.39, 0.29) is 11.5 Å². The summed E-state index contributed by atoms with van der Waals surface area (Å²) >= 11 is 10.5. The van der Waals surface area contributed by atoms with Gasteiger partial charge in [-0.15, -0.1) is 22.7 Å². The van der Waals surface area contributed by atoms with E-state index in [2.05, 4.69) is 9.98 Å². The molecule has 1 aromatic carbocycles. The summed E-state index contributed by atoms with van der Waals surface area (Å²) < 4.78 is 7.00. The van der Waals surface area contributed by atoms with E-state index < -0.39 is 0 Å². The number of rotatable bonds is 5. The predicted octanol–water partition coefficient (Wildman–Crippen LogP) is 5.47. The molecule has 4 heterocycles. The van der Waals surface area contributed by atoms with Crippen LogP contribution in [0.3, 0.4) is 0 Å². The Hall–Kier alpha value is -2.92. The molecule has 1 aliphatic heterocycles. The van der Waals surface area contributed by atoms with Crippen molar-refractivity contribution < 1.29 is 9.53 Å². The average Bonchev–Trinajstić information content (AvgIpc) is 3.53. The summed E-state index contributed by atoms with van der Waals surface area (Å²) in [7, 11) is 1.54. The maximum absolute atomic E-state index is 13.5. The number of thioether (sulfide) groups is 1. The van der Waals surface area contributed by atoms with Crippen molar-refractivity contribution in [1.82, 2.24) is 9.38 Å². The van der Waals surface area contributed by atoms with Crippen LogP contribution in [0.15, 0.2) is 62.8 Å². The van der Waals surface area contributed by atoms with Crippen LogP contribution in [0.2, 0.25) is 5.02 Å². The molecular formula is C23H17ClN4O3S3. The van der Waals surface area contributed by atoms with Gasteiger partial charge < -0.3 is 4.74 Å². The van der Waals surface area contributed by atoms with Gasteiger partial charge >= 0.3 is 0 Å². The number of carbonyl (C=O) groups excluding carboxylic acids is 1. The Kier molecular flexibility index (Phi) is 6.30. The first-order valence-corrected chi connectivity index (χ1v) is 13.2. The Labute approximate surface area is 212 Å². The number of anilines is 1. The first-order chi connectivity index (χ1) is 16.4. The second-order valence-corrected chi connectivity index (χ2v) is 10.5. The summed E-state index contributed by atoms with van der Waals surface area (Å²) in [6, 6.07) is 8.59. The standard InChI is InChI=1S/C23H17ClN4O3S3/c1-13-5-7-32-19(13)11-16-21(30)28(17-9-14(24)3-4-18(17)31-2)23(26-16)34-12-15-10-20(29)27-6-8-33-22(27)25-15/h3-11H,12H2,1-2H3/b16-11+. The molecule has 0 atom stereocenters. The molecule has 172 valence electrons. The Balaban J connectivity index is 1.54. The molecule has 11 heteroatoms. The van der Waals surface area contributed by atoms with Crippen LogP contribution < -0.4 is 15.2 Å². The van der Waals surface area contributed by atoms with Crippen molar-refractivity contribution in [2.45, 2.75) is 12.7 Å². The zero-order valence-electron chi connectivity index (χ0n) is 18.0. The summed E-state index contributed by atoms with van der Waals surface area (Å²) in [5.41, 5.74) is 2.35. The molecule has 0 saturated heterocycles. The van der Waals surface area contributed by atoms with Gasteiger partial charge in [0.1, 0.15) is 11.4 Å². The smallest absolute Gasteiger partial charge is 0.283 e. The van der Waals surface area contributed by atoms with Crippen molar-refractivity contribution in [3.63, 3.8) is 0 Å². The van der Waals surface area contributed by atoms with E-state index in [9.17, 15) is 9.59 Å². The van der Waals surface area contributed by atoms with Gasteiger partial charge in [-0.2, -0.15) is 0 Å². The van der Waals surface area contributed by atoms with Crippen LogP contribution in [0.5, 0.6) is 5.75 Å². The minimum atomic E-state index is -0.280. The Bertz CT molecular complexity index is 1540. The molecule has 0 aliphatic carbocycles. The van der Waals surface area contributed by atoms with E-state index in [1.54, 1.807) is 41.8 Å². The molecule has 3 aromatic heterocycles. The Morgan fingerprint density at radius 2 is 2.03 bits per heavy atom. The molecule has 1 aliphatic rings. The van der Waals surface area contributed by atoms with Crippen LogP contribution in [-0.4, -0.2) is 27.6 Å². The zero-order valence-corrected chi connectivity index (χ0v) is 21.2. The van der Waals surface area contributed by atoms with Gasteiger partial charge in [0.25, 0.3) is 11.5 Å². The summed E-state index contributed by atoms with van der Waals surface area (Å²) in [4.78, 5) is 38.2. The number of benzene rings is 1. The monoisotopic (exact) mass is 528 g/mol. The largest absolute Gasteiger partial charge is 0.495 e. The summed E-state index contributed by atoms with van der Waals surface area (Å²) in [5, 5.41) is 4.72. The van der Waals surface area contributed by atoms with Crippen LogP contribution >= 0.6 is 46.0 Å². The third-order valence-electron chi connectivity index (χ3n) is 5.09. The molecular weight excluding hydrogens is 512 g/mol. The highest BCUT2D eigenvalue weighted by Crippen LogP contribution is 2.38. The van der Waals surface area contributed by atoms with Gasteiger partial charge in [-0.05, 0) is 48.2 Å². The van der Waals surface area contributed by atoms with Gasteiger partial charge in [0.2, 0.25) is 0 Å². The Morgan fingerprint density at radius 1 is 1.18 bits per heavy atom. The van der Waals surface area contributed by atoms with E-state index in [1.807, 2.05) is 23.8 Å². The topological polar surface area (TPSA) is 76.3 Å². The highest BCUT2D eigenvalue weighted by molar-refractivity contribution is 8.13. The van der Waals surface area contributed by atoms with Crippen molar-refractivity contribution >= 4 is 73.8 Å². The fourth-order valence-corrected chi connectivity index (χ4v) is 6.06. The second kappa shape index (κ2) is 9.38. The first-order valence-electron chi connectivity index (χ1n) is 10.1. The number of nitrogens with zero attached hydrogens (tertiary/aromatic N) is 4. The van der Waals surface area contributed by atoms with Crippen LogP contribution in [0.4, 0.5) is 5.69 Å². The number of hydrogen-bond donors (Lipinski definition) is 0. The number of amides is 1. The number of ether oxygens (including phenoxy) is 1. The summed E-state index contributed by atoms with van der Waals surface area (Å²) in [6.07, 6.45) is 3.49. The number of aliphatic imine (C=N–C) groups is 1. The van der Waals surface area contributed by atoms with Crippen LogP contribution in [0.1, 0.15) is 16.1 Å². The fraction of sp³-hybridized carbons (Fsp3) is 0.130. The van der Waals surface area contributed by atoms with Crippen molar-refractivity contribution in [1.29, 1.82) is 0 Å². The molecule has 34 heavy (non-hydrogen) atoms. The van der Waals surface area contributed by atoms with Crippen molar-refractivity contribution in [2.24, 2.45) is 4.99 Å². The molecule has 0 fully saturated rings. The normalized spacial score (nSPS) is 14.9. The number of methoxy groups -OCH3 is 1. The average molecular weight is 529 g/mol. The lowest BCUT2D eigenvalue weighted by Crippen LogP contribution is -2.30. The molecule has 0 unspecified atom stereocenters. The lowest BCUT2D eigenvalue weighted by molar-refractivity contribution is -0.113. The highest BCUT2D eigenvalue weighted by atomic mass is 35.5. The second-order valence-electron chi connectivity index (χ2n) is 7.28. The third-order valence-corrected chi connectivity index (χ3v) is 8.02. The molecule has 0 radical (unpaired) electrons. The van der Waals surface area contributed by atoms with Crippen molar-refractivity contribution in [2.75, 3.05) is 12.0 Å². The maximum atomic E-state index is 13.5. The number of fused-ring (bicyclic) bond motifs is 1. The fourth-order valence-electron chi connectivity index (χ4n) is 3.40. The number of hydrogen-bond acceptors (Lipinski definition) is 8. The van der Waals surface area contributed by atoms with Crippen molar-refractivity contribution in [3.8, 4) is 5.75 Å². The predicted molar refractivity (Wildman–Crippen MR) is 141 cm³/mol. The van der Waals surface area contributed by atoms with Gasteiger partial charge in [-0.3, -0.25) is 14.0 Å². The first kappa shape index (κ1) is 22.9. The lowest BCUT2D eigenvalue weighted by atomic mass is 10.2. The van der Waals surface area contributed by atoms with Gasteiger partial charge in [-0.25, -0.2) is 14.9 Å². The SMILES string of the molecule is COc1ccc(Cl)cc1N1C(=O)/C(=C\c2sccc2C)N=C1SCc1cc(=O)n2ccsc2n1. The number of aromatic nitrogens is 2. The molecule has 0 bridgehead atoms. The minimum absolute atomic E-state index is 0.145. The van der Waals surface area contributed by atoms with E-state index in [0.29, 0.717) is 43.7 Å². The van der Waals surface area contributed by atoms with E-state index >= 15 is 0 Å². The maximum Gasteiger partial charge on any atom is 0.283 e. The van der Waals surface area contributed by atoms with E-state index in [1.165, 1.54) is 45.6 Å². The zero-order chi connectivity index (χ0) is 23.8. The van der Waals surface area contributed by atoms with Crippen molar-refractivity contribution in [3.05, 3.63) is 84.5 Å². The number of thiazole rings is 1. The minimum Gasteiger partial charge on any atom is -0.495 e. The molecule has 0 saturated carbocycles. The number of thiophene rings is 1. The summed E-state index contributed by atoms with van der Waals surface area (Å²) in [6.45, 7) is 1.99. The van der Waals surface area contributed by atoms with Gasteiger partial charge in [0.05, 0.1) is 18.5 Å². The number of amidine groups is 1. The van der Waals surface area contributed by atoms with E-state index in [0.717, 1.165) is 10.4 Å². The molecule has 0 spiro atoms. The molecule has 5 rings (SSSR count). The molecule has 0 N–H and O–H groups in total. The molecule has 7 nitrogen and oxygen atoms in total. The summed E-state index contributed by atoms with van der Waals surface area (Å²) in [5.74, 6) is 0.578. The van der Waals surface area contributed by atoms with Crippen LogP contribution in [0, 0.1) is 6.92 Å². The Morgan fingerprint density at radius 3 is 2.79 bits per heavy atom. The van der Waals surface area contributed by atoms with Gasteiger partial charge in [-0.1, -0.05) is 23.4 Å². The van der Waals surface area contributed by atoms with Gasteiger partial charge in [0, 0.05) is 33.3 Å². The number of halogens is 1. The number of aryl methyl sites for hydroxylation is 1.